The van der Waals surface area contributed by atoms with E-state index in [-0.39, 0.29) is 0 Å². The van der Waals surface area contributed by atoms with Crippen LogP contribution in [0.3, 0.4) is 0 Å². The van der Waals surface area contributed by atoms with Crippen molar-refractivity contribution in [3.63, 3.8) is 0 Å². The molecule has 6 nitrogen and oxygen atoms in total. The van der Waals surface area contributed by atoms with Crippen LogP contribution in [0.25, 0.3) is 0 Å². The Hall–Kier alpha value is -1.73. The summed E-state index contributed by atoms with van der Waals surface area (Å²) in [6.45, 7) is 4.51. The van der Waals surface area contributed by atoms with Crippen LogP contribution in [0.15, 0.2) is 24.3 Å². The van der Waals surface area contributed by atoms with Crippen LogP contribution in [0.5, 0.6) is 0 Å². The van der Waals surface area contributed by atoms with Crippen molar-refractivity contribution in [3.05, 3.63) is 35.9 Å². The van der Waals surface area contributed by atoms with Crippen LogP contribution < -0.4 is 4.72 Å². The topological polar surface area (TPSA) is 89.5 Å². The van der Waals surface area contributed by atoms with Crippen molar-refractivity contribution in [1.82, 2.24) is 4.72 Å². The van der Waals surface area contributed by atoms with Crippen LogP contribution in [0, 0.1) is 6.07 Å². The van der Waals surface area contributed by atoms with Gasteiger partial charge >= 0.3 is 5.97 Å². The molecule has 1 radical (unpaired) electrons. The van der Waals surface area contributed by atoms with Crippen LogP contribution in [0.4, 0.5) is 0 Å². The first-order valence-electron chi connectivity index (χ1n) is 6.27. The van der Waals surface area contributed by atoms with Gasteiger partial charge in [-0.1, -0.05) is 24.3 Å². The number of carbonyl (C=O) groups excluding carboxylic acids is 2. The first kappa shape index (κ1) is 17.3. The molecular formula is C14H18NO5S. The molecule has 0 aliphatic rings. The van der Waals surface area contributed by atoms with E-state index in [9.17, 15) is 18.0 Å². The summed E-state index contributed by atoms with van der Waals surface area (Å²) in [5, 5.41) is 0. The predicted octanol–water partition coefficient (Wildman–Crippen LogP) is 0.931. The molecule has 0 aliphatic heterocycles. The minimum absolute atomic E-state index is 0.369. The third-order valence-corrected chi connectivity index (χ3v) is 3.42. The smallest absolute Gasteiger partial charge is 0.323 e. The molecule has 1 rings (SSSR count). The van der Waals surface area contributed by atoms with Gasteiger partial charge in [-0.25, -0.2) is 13.1 Å². The summed E-state index contributed by atoms with van der Waals surface area (Å²) in [7, 11) is -3.91. The standard InChI is InChI=1S/C14H18NO5S/c1-14(2,3)20-13(17)10-21(18,19)15-9-12(16)11-7-5-4-6-8-11/h5-8,15H,9-10H2,1-3H3. The number of rotatable bonds is 6. The van der Waals surface area contributed by atoms with Gasteiger partial charge in [-0.3, -0.25) is 9.59 Å². The van der Waals surface area contributed by atoms with E-state index in [0.29, 0.717) is 5.56 Å². The second-order valence-electron chi connectivity index (χ2n) is 5.38. The summed E-state index contributed by atoms with van der Waals surface area (Å²) in [5.41, 5.74) is -0.392. The SMILES string of the molecule is CC(C)(C)OC(=O)CS(=O)(=O)NCC(=O)c1cc[c]cc1. The first-order chi connectivity index (χ1) is 9.59. The number of benzene rings is 1. The van der Waals surface area contributed by atoms with E-state index in [1.165, 1.54) is 12.1 Å². The Kier molecular flexibility index (Phi) is 5.62. The lowest BCUT2D eigenvalue weighted by atomic mass is 10.1. The molecule has 0 atom stereocenters. The molecule has 0 fully saturated rings. The Morgan fingerprint density at radius 2 is 1.81 bits per heavy atom. The third-order valence-electron chi connectivity index (χ3n) is 2.22. The van der Waals surface area contributed by atoms with Crippen LogP contribution in [0.2, 0.25) is 0 Å². The molecule has 7 heteroatoms. The minimum atomic E-state index is -3.91. The number of sulfonamides is 1. The van der Waals surface area contributed by atoms with Crippen LogP contribution in [-0.4, -0.2) is 38.1 Å². The number of ether oxygens (including phenoxy) is 1. The van der Waals surface area contributed by atoms with Gasteiger partial charge in [0.1, 0.15) is 5.60 Å². The van der Waals surface area contributed by atoms with Gasteiger partial charge in [0.2, 0.25) is 10.0 Å². The Morgan fingerprint density at radius 3 is 2.33 bits per heavy atom. The summed E-state index contributed by atoms with van der Waals surface area (Å²) in [4.78, 5) is 23.2. The second kappa shape index (κ2) is 6.82. The Labute approximate surface area is 124 Å². The van der Waals surface area contributed by atoms with E-state index in [1.54, 1.807) is 32.9 Å². The molecule has 1 aromatic carbocycles. The van der Waals surface area contributed by atoms with Gasteiger partial charge in [-0.05, 0) is 26.8 Å². The lowest BCUT2D eigenvalue weighted by molar-refractivity contribution is -0.151. The highest BCUT2D eigenvalue weighted by molar-refractivity contribution is 7.90. The van der Waals surface area contributed by atoms with Gasteiger partial charge in [0.25, 0.3) is 0 Å². The molecule has 0 amide bonds. The Bertz CT molecular complexity index is 602. The molecule has 0 saturated heterocycles. The van der Waals surface area contributed by atoms with E-state index >= 15 is 0 Å². The summed E-state index contributed by atoms with van der Waals surface area (Å²) < 4.78 is 30.4. The molecule has 0 aliphatic carbocycles. The molecule has 0 bridgehead atoms. The molecule has 21 heavy (non-hydrogen) atoms. The predicted molar refractivity (Wildman–Crippen MR) is 77.2 cm³/mol. The summed E-state index contributed by atoms with van der Waals surface area (Å²) in [6, 6.07) is 8.94. The van der Waals surface area contributed by atoms with E-state index < -0.39 is 39.7 Å². The molecule has 1 N–H and O–H groups in total. The number of hydrogen-bond donors (Lipinski definition) is 1. The number of nitrogens with one attached hydrogen (secondary N) is 1. The summed E-state index contributed by atoms with van der Waals surface area (Å²) in [6.07, 6.45) is 0. The van der Waals surface area contributed by atoms with Gasteiger partial charge in [0.15, 0.2) is 11.5 Å². The van der Waals surface area contributed by atoms with Gasteiger partial charge < -0.3 is 4.74 Å². The largest absolute Gasteiger partial charge is 0.459 e. The van der Waals surface area contributed by atoms with Gasteiger partial charge in [0.05, 0.1) is 6.54 Å². The first-order valence-corrected chi connectivity index (χ1v) is 7.93. The van der Waals surface area contributed by atoms with Crippen molar-refractivity contribution < 1.29 is 22.7 Å². The van der Waals surface area contributed by atoms with Gasteiger partial charge in [0, 0.05) is 5.56 Å². The van der Waals surface area contributed by atoms with Crippen molar-refractivity contribution in [3.8, 4) is 0 Å². The molecule has 0 aromatic heterocycles. The monoisotopic (exact) mass is 312 g/mol. The fourth-order valence-electron chi connectivity index (χ4n) is 1.43. The Morgan fingerprint density at radius 1 is 1.24 bits per heavy atom. The zero-order valence-corrected chi connectivity index (χ0v) is 13.0. The normalized spacial score (nSPS) is 12.0. The van der Waals surface area contributed by atoms with Gasteiger partial charge in [-0.15, -0.1) is 0 Å². The van der Waals surface area contributed by atoms with Crippen molar-refractivity contribution in [2.24, 2.45) is 0 Å². The molecule has 0 saturated carbocycles. The molecule has 1 aromatic rings. The molecular weight excluding hydrogens is 294 g/mol. The maximum atomic E-state index is 11.7. The maximum absolute atomic E-state index is 11.7. The van der Waals surface area contributed by atoms with Crippen LogP contribution in [-0.2, 0) is 19.6 Å². The molecule has 0 unspecified atom stereocenters. The number of Topliss-reactive ketones (excluding diaryl/α,β-unsaturated/α-hetero) is 1. The quantitative estimate of drug-likeness (QED) is 0.623. The minimum Gasteiger partial charge on any atom is -0.459 e. The van der Waals surface area contributed by atoms with Crippen molar-refractivity contribution in [2.75, 3.05) is 12.3 Å². The number of ketones is 1. The second-order valence-corrected chi connectivity index (χ2v) is 7.19. The number of hydrogen-bond acceptors (Lipinski definition) is 5. The lowest BCUT2D eigenvalue weighted by Gasteiger charge is -2.19. The molecule has 0 heterocycles. The van der Waals surface area contributed by atoms with E-state index in [2.05, 4.69) is 10.8 Å². The van der Waals surface area contributed by atoms with E-state index in [1.807, 2.05) is 0 Å². The Balaban J connectivity index is 2.54. The summed E-state index contributed by atoms with van der Waals surface area (Å²) in [5.74, 6) is -2.08. The fraction of sp³-hybridized carbons (Fsp3) is 0.429. The number of esters is 1. The number of carbonyl (C=O) groups is 2. The molecule has 115 valence electrons. The van der Waals surface area contributed by atoms with Crippen molar-refractivity contribution >= 4 is 21.8 Å². The van der Waals surface area contributed by atoms with Crippen molar-refractivity contribution in [1.29, 1.82) is 0 Å². The average molecular weight is 312 g/mol. The van der Waals surface area contributed by atoms with Gasteiger partial charge in [-0.2, -0.15) is 0 Å². The average Bonchev–Trinajstić information content (AvgIpc) is 2.34. The third kappa shape index (κ3) is 7.01. The lowest BCUT2D eigenvalue weighted by Crippen LogP contribution is -2.36. The highest BCUT2D eigenvalue weighted by Gasteiger charge is 2.23. The van der Waals surface area contributed by atoms with E-state index in [4.69, 9.17) is 4.74 Å². The van der Waals surface area contributed by atoms with Crippen LogP contribution in [0.1, 0.15) is 31.1 Å². The van der Waals surface area contributed by atoms with Crippen molar-refractivity contribution in [2.45, 2.75) is 26.4 Å². The highest BCUT2D eigenvalue weighted by atomic mass is 32.2. The zero-order valence-electron chi connectivity index (χ0n) is 12.2. The fourth-order valence-corrected chi connectivity index (χ4v) is 2.25. The zero-order chi connectivity index (χ0) is 16.1. The maximum Gasteiger partial charge on any atom is 0.323 e. The van der Waals surface area contributed by atoms with Crippen LogP contribution >= 0.6 is 0 Å². The molecule has 0 spiro atoms. The van der Waals surface area contributed by atoms with E-state index in [0.717, 1.165) is 0 Å². The summed E-state index contributed by atoms with van der Waals surface area (Å²) >= 11 is 0. The highest BCUT2D eigenvalue weighted by Crippen LogP contribution is 2.07.